The maximum atomic E-state index is 12.9. The summed E-state index contributed by atoms with van der Waals surface area (Å²) in [5.74, 6) is -2.33. The third-order valence-corrected chi connectivity index (χ3v) is 2.61. The number of aliphatic hydroxyl groups excluding tert-OH is 1. The molecule has 0 saturated carbocycles. The van der Waals surface area contributed by atoms with E-state index in [2.05, 4.69) is 5.32 Å². The molecule has 0 aliphatic rings. The minimum Gasteiger partial charge on any atom is -0.395 e. The molecule has 1 aromatic rings. The van der Waals surface area contributed by atoms with Gasteiger partial charge in [-0.25, -0.2) is 8.78 Å². The molecule has 1 rings (SSSR count). The van der Waals surface area contributed by atoms with Crippen LogP contribution in [0.25, 0.3) is 0 Å². The lowest BCUT2D eigenvalue weighted by Crippen LogP contribution is -2.38. The van der Waals surface area contributed by atoms with E-state index in [1.165, 1.54) is 6.07 Å². The second kappa shape index (κ2) is 6.42. The van der Waals surface area contributed by atoms with Crippen LogP contribution in [0.1, 0.15) is 6.92 Å². The number of halogens is 2. The molecular formula is C12H16F2N2O2. The highest BCUT2D eigenvalue weighted by Gasteiger charge is 2.12. The maximum Gasteiger partial charge on any atom is 0.238 e. The summed E-state index contributed by atoms with van der Waals surface area (Å²) >= 11 is 0. The average Bonchev–Trinajstić information content (AvgIpc) is 2.32. The van der Waals surface area contributed by atoms with Crippen molar-refractivity contribution in [2.24, 2.45) is 0 Å². The van der Waals surface area contributed by atoms with E-state index in [9.17, 15) is 13.6 Å². The van der Waals surface area contributed by atoms with Gasteiger partial charge in [0.15, 0.2) is 11.6 Å². The summed E-state index contributed by atoms with van der Waals surface area (Å²) in [6, 6.07) is 3.00. The topological polar surface area (TPSA) is 52.6 Å². The zero-order valence-corrected chi connectivity index (χ0v) is 10.3. The Labute approximate surface area is 104 Å². The van der Waals surface area contributed by atoms with Gasteiger partial charge in [0, 0.05) is 17.8 Å². The van der Waals surface area contributed by atoms with Crippen LogP contribution in [0.15, 0.2) is 18.2 Å². The highest BCUT2D eigenvalue weighted by molar-refractivity contribution is 5.92. The normalized spacial score (nSPS) is 12.6. The SMILES string of the molecule is CC(CO)N(C)CC(=O)Nc1ccc(F)c(F)c1. The van der Waals surface area contributed by atoms with Crippen molar-refractivity contribution in [3.8, 4) is 0 Å². The Morgan fingerprint density at radius 2 is 2.11 bits per heavy atom. The van der Waals surface area contributed by atoms with Crippen molar-refractivity contribution >= 4 is 11.6 Å². The molecule has 0 saturated heterocycles. The van der Waals surface area contributed by atoms with Crippen molar-refractivity contribution in [2.45, 2.75) is 13.0 Å². The second-order valence-electron chi connectivity index (χ2n) is 4.12. The smallest absolute Gasteiger partial charge is 0.238 e. The molecule has 0 heterocycles. The fraction of sp³-hybridized carbons (Fsp3) is 0.417. The van der Waals surface area contributed by atoms with Crippen molar-refractivity contribution in [3.05, 3.63) is 29.8 Å². The van der Waals surface area contributed by atoms with Gasteiger partial charge in [0.2, 0.25) is 5.91 Å². The van der Waals surface area contributed by atoms with Crippen molar-refractivity contribution in [1.29, 1.82) is 0 Å². The number of anilines is 1. The summed E-state index contributed by atoms with van der Waals surface area (Å²) in [5.41, 5.74) is 0.198. The van der Waals surface area contributed by atoms with E-state index in [0.717, 1.165) is 12.1 Å². The summed E-state index contributed by atoms with van der Waals surface area (Å²) in [7, 11) is 1.69. The number of hydrogen-bond acceptors (Lipinski definition) is 3. The number of benzene rings is 1. The number of rotatable bonds is 5. The van der Waals surface area contributed by atoms with E-state index >= 15 is 0 Å². The van der Waals surface area contributed by atoms with Crippen LogP contribution in [0.2, 0.25) is 0 Å². The first-order chi connectivity index (χ1) is 8.43. The van der Waals surface area contributed by atoms with Crippen LogP contribution in [-0.2, 0) is 4.79 Å². The van der Waals surface area contributed by atoms with Crippen LogP contribution < -0.4 is 5.32 Å². The first-order valence-corrected chi connectivity index (χ1v) is 5.50. The Hall–Kier alpha value is -1.53. The van der Waals surface area contributed by atoms with Gasteiger partial charge in [0.25, 0.3) is 0 Å². The van der Waals surface area contributed by atoms with Crippen molar-refractivity contribution in [3.63, 3.8) is 0 Å². The molecule has 1 amide bonds. The first kappa shape index (κ1) is 14.5. The van der Waals surface area contributed by atoms with Gasteiger partial charge in [0.1, 0.15) is 0 Å². The highest BCUT2D eigenvalue weighted by atomic mass is 19.2. The zero-order chi connectivity index (χ0) is 13.7. The van der Waals surface area contributed by atoms with Gasteiger partial charge in [-0.05, 0) is 26.1 Å². The predicted molar refractivity (Wildman–Crippen MR) is 64.2 cm³/mol. The quantitative estimate of drug-likeness (QED) is 0.835. The standard InChI is InChI=1S/C12H16F2N2O2/c1-8(7-17)16(2)6-12(18)15-9-3-4-10(13)11(14)5-9/h3-5,8,17H,6-7H2,1-2H3,(H,15,18). The number of nitrogens with zero attached hydrogens (tertiary/aromatic N) is 1. The maximum absolute atomic E-state index is 12.9. The number of nitrogens with one attached hydrogen (secondary N) is 1. The molecule has 100 valence electrons. The van der Waals surface area contributed by atoms with Gasteiger partial charge < -0.3 is 10.4 Å². The van der Waals surface area contributed by atoms with E-state index in [0.29, 0.717) is 0 Å². The van der Waals surface area contributed by atoms with Gasteiger partial charge in [-0.15, -0.1) is 0 Å². The predicted octanol–water partition coefficient (Wildman–Crippen LogP) is 1.22. The molecule has 1 atom stereocenters. The Morgan fingerprint density at radius 3 is 2.67 bits per heavy atom. The molecule has 0 radical (unpaired) electrons. The van der Waals surface area contributed by atoms with Crippen LogP contribution >= 0.6 is 0 Å². The lowest BCUT2D eigenvalue weighted by molar-refractivity contribution is -0.117. The van der Waals surface area contributed by atoms with Crippen LogP contribution in [-0.4, -0.2) is 42.2 Å². The third-order valence-electron chi connectivity index (χ3n) is 2.61. The molecular weight excluding hydrogens is 242 g/mol. The van der Waals surface area contributed by atoms with Crippen LogP contribution in [0.5, 0.6) is 0 Å². The van der Waals surface area contributed by atoms with Gasteiger partial charge >= 0.3 is 0 Å². The van der Waals surface area contributed by atoms with Gasteiger partial charge in [0.05, 0.1) is 13.2 Å². The molecule has 0 spiro atoms. The molecule has 0 bridgehead atoms. The van der Waals surface area contributed by atoms with Crippen molar-refractivity contribution in [1.82, 2.24) is 4.90 Å². The van der Waals surface area contributed by atoms with E-state index in [1.807, 2.05) is 0 Å². The van der Waals surface area contributed by atoms with E-state index in [1.54, 1.807) is 18.9 Å². The molecule has 0 aliphatic carbocycles. The van der Waals surface area contributed by atoms with Crippen molar-refractivity contribution < 1.29 is 18.7 Å². The van der Waals surface area contributed by atoms with E-state index in [-0.39, 0.29) is 30.8 Å². The molecule has 1 aromatic carbocycles. The fourth-order valence-corrected chi connectivity index (χ4v) is 1.30. The molecule has 4 nitrogen and oxygen atoms in total. The first-order valence-electron chi connectivity index (χ1n) is 5.50. The molecule has 0 aromatic heterocycles. The number of hydrogen-bond donors (Lipinski definition) is 2. The van der Waals surface area contributed by atoms with Crippen molar-refractivity contribution in [2.75, 3.05) is 25.5 Å². The molecule has 18 heavy (non-hydrogen) atoms. The number of likely N-dealkylation sites (N-methyl/N-ethyl adjacent to an activating group) is 1. The molecule has 1 unspecified atom stereocenters. The molecule has 2 N–H and O–H groups in total. The minimum atomic E-state index is -1.01. The Bertz CT molecular complexity index is 427. The molecule has 0 fully saturated rings. The van der Waals surface area contributed by atoms with E-state index in [4.69, 9.17) is 5.11 Å². The summed E-state index contributed by atoms with van der Waals surface area (Å²) < 4.78 is 25.6. The van der Waals surface area contributed by atoms with Gasteiger partial charge in [-0.1, -0.05) is 0 Å². The zero-order valence-electron chi connectivity index (χ0n) is 10.3. The third kappa shape index (κ3) is 4.05. The summed E-state index contributed by atoms with van der Waals surface area (Å²) in [4.78, 5) is 13.2. The van der Waals surface area contributed by atoms with Gasteiger partial charge in [-0.2, -0.15) is 0 Å². The average molecular weight is 258 g/mol. The Balaban J connectivity index is 2.57. The van der Waals surface area contributed by atoms with Crippen LogP contribution in [0.4, 0.5) is 14.5 Å². The van der Waals surface area contributed by atoms with Crippen LogP contribution in [0.3, 0.4) is 0 Å². The molecule has 6 heteroatoms. The summed E-state index contributed by atoms with van der Waals surface area (Å²) in [6.45, 7) is 1.76. The number of aliphatic hydroxyl groups is 1. The summed E-state index contributed by atoms with van der Waals surface area (Å²) in [6.07, 6.45) is 0. The second-order valence-corrected chi connectivity index (χ2v) is 4.12. The van der Waals surface area contributed by atoms with Crippen LogP contribution in [0, 0.1) is 11.6 Å². The highest BCUT2D eigenvalue weighted by Crippen LogP contribution is 2.13. The number of carbonyl (C=O) groups is 1. The molecule has 0 aliphatic heterocycles. The summed E-state index contributed by atoms with van der Waals surface area (Å²) in [5, 5.41) is 11.4. The largest absolute Gasteiger partial charge is 0.395 e. The fourth-order valence-electron chi connectivity index (χ4n) is 1.30. The Morgan fingerprint density at radius 1 is 1.44 bits per heavy atom. The number of amides is 1. The Kier molecular flexibility index (Phi) is 5.18. The minimum absolute atomic E-state index is 0.0563. The monoisotopic (exact) mass is 258 g/mol. The number of carbonyl (C=O) groups excluding carboxylic acids is 1. The van der Waals surface area contributed by atoms with E-state index < -0.39 is 11.6 Å². The lowest BCUT2D eigenvalue weighted by Gasteiger charge is -2.21. The lowest BCUT2D eigenvalue weighted by atomic mass is 10.3. The van der Waals surface area contributed by atoms with Gasteiger partial charge in [-0.3, -0.25) is 9.69 Å².